The highest BCUT2D eigenvalue weighted by Crippen LogP contribution is 2.29. The number of carbonyl (C=O) groups excluding carboxylic acids is 1. The Morgan fingerprint density at radius 2 is 2.19 bits per heavy atom. The molecule has 1 aromatic carbocycles. The first-order valence-electron chi connectivity index (χ1n) is 7.03. The molecule has 0 saturated heterocycles. The van der Waals surface area contributed by atoms with E-state index in [1.807, 2.05) is 24.6 Å². The Morgan fingerprint density at radius 3 is 2.95 bits per heavy atom. The predicted octanol–water partition coefficient (Wildman–Crippen LogP) is 3.19. The van der Waals surface area contributed by atoms with Gasteiger partial charge in [0.2, 0.25) is 0 Å². The van der Waals surface area contributed by atoms with Crippen LogP contribution in [0.1, 0.15) is 23.3 Å². The van der Waals surface area contributed by atoms with Crippen LogP contribution < -0.4 is 5.32 Å². The third-order valence-electron chi connectivity index (χ3n) is 3.82. The fourth-order valence-corrected chi connectivity index (χ4v) is 3.33. The monoisotopic (exact) mass is 297 g/mol. The highest BCUT2D eigenvalue weighted by Gasteiger charge is 2.25. The third kappa shape index (κ3) is 2.23. The van der Waals surface area contributed by atoms with Crippen LogP contribution in [-0.4, -0.2) is 21.5 Å². The van der Waals surface area contributed by atoms with E-state index >= 15 is 0 Å². The Balaban J connectivity index is 1.70. The van der Waals surface area contributed by atoms with Crippen molar-refractivity contribution in [1.82, 2.24) is 14.9 Å². The summed E-state index contributed by atoms with van der Waals surface area (Å²) in [7, 11) is 2.03. The fourth-order valence-electron chi connectivity index (χ4n) is 2.48. The maximum absolute atomic E-state index is 12.0. The van der Waals surface area contributed by atoms with Crippen LogP contribution in [0.5, 0.6) is 0 Å². The summed E-state index contributed by atoms with van der Waals surface area (Å²) >= 11 is 1.52. The van der Waals surface area contributed by atoms with Gasteiger partial charge >= 0.3 is 0 Å². The molecule has 1 N–H and O–H groups in total. The van der Waals surface area contributed by atoms with Crippen LogP contribution in [0.2, 0.25) is 0 Å². The number of carbonyl (C=O) groups is 1. The molecule has 4 rings (SSSR count). The second kappa shape index (κ2) is 4.70. The van der Waals surface area contributed by atoms with Crippen LogP contribution in [-0.2, 0) is 7.05 Å². The highest BCUT2D eigenvalue weighted by molar-refractivity contribution is 7.13. The van der Waals surface area contributed by atoms with E-state index in [0.717, 1.165) is 23.5 Å². The minimum absolute atomic E-state index is 0.0567. The van der Waals surface area contributed by atoms with Crippen LogP contribution in [0.15, 0.2) is 35.7 Å². The Kier molecular flexibility index (Phi) is 2.82. The van der Waals surface area contributed by atoms with Crippen molar-refractivity contribution < 1.29 is 4.79 Å². The number of para-hydroxylation sites is 1. The maximum atomic E-state index is 12.0. The molecule has 1 aliphatic rings. The Bertz CT molecular complexity index is 829. The molecule has 2 heterocycles. The molecule has 0 radical (unpaired) electrons. The number of aryl methyl sites for hydroxylation is 1. The van der Waals surface area contributed by atoms with Crippen molar-refractivity contribution >= 4 is 28.1 Å². The van der Waals surface area contributed by atoms with Crippen molar-refractivity contribution in [3.8, 4) is 10.7 Å². The number of benzene rings is 1. The summed E-state index contributed by atoms with van der Waals surface area (Å²) in [6.07, 6.45) is 2.18. The van der Waals surface area contributed by atoms with Crippen LogP contribution in [0.3, 0.4) is 0 Å². The van der Waals surface area contributed by atoms with Crippen molar-refractivity contribution in [2.24, 2.45) is 7.05 Å². The molecular weight excluding hydrogens is 282 g/mol. The molecule has 1 aliphatic carbocycles. The van der Waals surface area contributed by atoms with Gasteiger partial charge in [-0.25, -0.2) is 4.98 Å². The number of thiazole rings is 1. The topological polar surface area (TPSA) is 46.9 Å². The van der Waals surface area contributed by atoms with Gasteiger partial charge in [-0.2, -0.15) is 0 Å². The number of rotatable bonds is 3. The summed E-state index contributed by atoms with van der Waals surface area (Å²) in [6, 6.07) is 10.7. The number of aromatic nitrogens is 2. The van der Waals surface area contributed by atoms with Gasteiger partial charge in [-0.15, -0.1) is 11.3 Å². The van der Waals surface area contributed by atoms with Gasteiger partial charge in [0.1, 0.15) is 10.7 Å². The van der Waals surface area contributed by atoms with Gasteiger partial charge in [-0.1, -0.05) is 18.2 Å². The SMILES string of the molecule is Cn1c(-c2nc(C(=O)NC3CC3)cs2)cc2ccccc21. The minimum Gasteiger partial charge on any atom is -0.348 e. The molecule has 3 aromatic rings. The lowest BCUT2D eigenvalue weighted by Gasteiger charge is -2.01. The second-order valence-electron chi connectivity index (χ2n) is 5.43. The van der Waals surface area contributed by atoms with Gasteiger partial charge in [0.15, 0.2) is 0 Å². The summed E-state index contributed by atoms with van der Waals surface area (Å²) in [5, 5.41) is 6.89. The Hall–Kier alpha value is -2.14. The molecule has 5 heteroatoms. The van der Waals surface area contributed by atoms with Crippen molar-refractivity contribution in [3.63, 3.8) is 0 Å². The lowest BCUT2D eigenvalue weighted by molar-refractivity contribution is 0.0947. The Morgan fingerprint density at radius 1 is 1.38 bits per heavy atom. The maximum Gasteiger partial charge on any atom is 0.270 e. The van der Waals surface area contributed by atoms with E-state index in [0.29, 0.717) is 11.7 Å². The zero-order chi connectivity index (χ0) is 14.4. The van der Waals surface area contributed by atoms with E-state index in [1.165, 1.54) is 22.2 Å². The molecule has 106 valence electrons. The highest BCUT2D eigenvalue weighted by atomic mass is 32.1. The number of amides is 1. The summed E-state index contributed by atoms with van der Waals surface area (Å²) in [5.41, 5.74) is 2.74. The number of hydrogen-bond acceptors (Lipinski definition) is 3. The quantitative estimate of drug-likeness (QED) is 0.807. The van der Waals surface area contributed by atoms with Crippen LogP contribution >= 0.6 is 11.3 Å². The van der Waals surface area contributed by atoms with Gasteiger partial charge in [-0.3, -0.25) is 4.79 Å². The van der Waals surface area contributed by atoms with Crippen molar-refractivity contribution in [1.29, 1.82) is 0 Å². The molecule has 0 aliphatic heterocycles. The molecule has 1 amide bonds. The number of nitrogens with zero attached hydrogens (tertiary/aromatic N) is 2. The van der Waals surface area contributed by atoms with Crippen LogP contribution in [0, 0.1) is 0 Å². The molecule has 1 saturated carbocycles. The lowest BCUT2D eigenvalue weighted by Crippen LogP contribution is -2.25. The normalized spacial score (nSPS) is 14.5. The standard InChI is InChI=1S/C16H15N3OS/c1-19-13-5-3-2-4-10(13)8-14(19)16-18-12(9-21-16)15(20)17-11-6-7-11/h2-5,8-9,11H,6-7H2,1H3,(H,17,20). The van der Waals surface area contributed by atoms with E-state index in [9.17, 15) is 4.79 Å². The molecule has 0 unspecified atom stereocenters. The van der Waals surface area contributed by atoms with Crippen molar-refractivity contribution in [2.45, 2.75) is 18.9 Å². The van der Waals surface area contributed by atoms with Gasteiger partial charge in [-0.05, 0) is 25.0 Å². The minimum atomic E-state index is -0.0567. The summed E-state index contributed by atoms with van der Waals surface area (Å²) in [5.74, 6) is -0.0567. The molecule has 0 spiro atoms. The first-order valence-corrected chi connectivity index (χ1v) is 7.91. The smallest absolute Gasteiger partial charge is 0.270 e. The van der Waals surface area contributed by atoms with Crippen molar-refractivity contribution in [2.75, 3.05) is 0 Å². The molecule has 0 atom stereocenters. The lowest BCUT2D eigenvalue weighted by atomic mass is 10.2. The van der Waals surface area contributed by atoms with E-state index in [2.05, 4.69) is 33.1 Å². The molecule has 0 bridgehead atoms. The summed E-state index contributed by atoms with van der Waals surface area (Å²) < 4.78 is 2.12. The predicted molar refractivity (Wildman–Crippen MR) is 84.5 cm³/mol. The fraction of sp³-hybridized carbons (Fsp3) is 0.250. The van der Waals surface area contributed by atoms with Gasteiger partial charge < -0.3 is 9.88 Å². The van der Waals surface area contributed by atoms with E-state index in [-0.39, 0.29) is 5.91 Å². The largest absolute Gasteiger partial charge is 0.348 e. The molecule has 4 nitrogen and oxygen atoms in total. The molecular formula is C16H15N3OS. The first-order chi connectivity index (χ1) is 10.2. The Labute approximate surface area is 126 Å². The van der Waals surface area contributed by atoms with Gasteiger partial charge in [0.05, 0.1) is 5.69 Å². The average Bonchev–Trinajstić information content (AvgIpc) is 3.06. The van der Waals surface area contributed by atoms with Gasteiger partial charge in [0, 0.05) is 29.4 Å². The van der Waals surface area contributed by atoms with E-state index < -0.39 is 0 Å². The first kappa shape index (κ1) is 12.6. The third-order valence-corrected chi connectivity index (χ3v) is 4.68. The van der Waals surface area contributed by atoms with Gasteiger partial charge in [0.25, 0.3) is 5.91 Å². The average molecular weight is 297 g/mol. The zero-order valence-corrected chi connectivity index (χ0v) is 12.5. The van der Waals surface area contributed by atoms with Crippen molar-refractivity contribution in [3.05, 3.63) is 41.4 Å². The van der Waals surface area contributed by atoms with Crippen LogP contribution in [0.25, 0.3) is 21.6 Å². The molecule has 21 heavy (non-hydrogen) atoms. The second-order valence-corrected chi connectivity index (χ2v) is 6.29. The molecule has 2 aromatic heterocycles. The van der Waals surface area contributed by atoms with Crippen LogP contribution in [0.4, 0.5) is 0 Å². The van der Waals surface area contributed by atoms with E-state index in [1.54, 1.807) is 0 Å². The van der Waals surface area contributed by atoms with E-state index in [4.69, 9.17) is 0 Å². The number of fused-ring (bicyclic) bond motifs is 1. The summed E-state index contributed by atoms with van der Waals surface area (Å²) in [4.78, 5) is 16.5. The molecule has 1 fully saturated rings. The summed E-state index contributed by atoms with van der Waals surface area (Å²) in [6.45, 7) is 0. The number of hydrogen-bond donors (Lipinski definition) is 1. The zero-order valence-electron chi connectivity index (χ0n) is 11.7. The number of nitrogens with one attached hydrogen (secondary N) is 1.